The number of carbonyl (C=O) groups is 2. The van der Waals surface area contributed by atoms with Crippen LogP contribution in [0.15, 0.2) is 54.6 Å². The number of carbonyl (C=O) groups excluding carboxylic acids is 2. The molecule has 3 rings (SSSR count). The van der Waals surface area contributed by atoms with E-state index in [0.717, 1.165) is 18.4 Å². The van der Waals surface area contributed by atoms with Gasteiger partial charge in [0, 0.05) is 12.3 Å². The smallest absolute Gasteiger partial charge is 0.276 e. The Morgan fingerprint density at radius 3 is 2.44 bits per heavy atom. The molecule has 1 aliphatic rings. The molecule has 2 unspecified atom stereocenters. The van der Waals surface area contributed by atoms with Crippen molar-refractivity contribution in [2.24, 2.45) is 11.8 Å². The van der Waals surface area contributed by atoms with Crippen molar-refractivity contribution < 1.29 is 14.3 Å². The molecule has 2 N–H and O–H groups in total. The van der Waals surface area contributed by atoms with Gasteiger partial charge >= 0.3 is 0 Å². The van der Waals surface area contributed by atoms with E-state index in [1.54, 1.807) is 0 Å². The molecule has 130 valence electrons. The summed E-state index contributed by atoms with van der Waals surface area (Å²) < 4.78 is 5.64. The fraction of sp³-hybridized carbons (Fsp3) is 0.300. The fourth-order valence-electron chi connectivity index (χ4n) is 2.70. The van der Waals surface area contributed by atoms with Crippen molar-refractivity contribution >= 4 is 11.8 Å². The second-order valence-electron chi connectivity index (χ2n) is 6.42. The van der Waals surface area contributed by atoms with Gasteiger partial charge in [0.2, 0.25) is 5.91 Å². The van der Waals surface area contributed by atoms with Crippen LogP contribution >= 0.6 is 0 Å². The monoisotopic (exact) mass is 338 g/mol. The average molecular weight is 338 g/mol. The van der Waals surface area contributed by atoms with E-state index in [9.17, 15) is 9.59 Å². The Kier molecular flexibility index (Phi) is 5.33. The average Bonchev–Trinajstić information content (AvgIpc) is 3.36. The number of rotatable bonds is 6. The second-order valence-corrected chi connectivity index (χ2v) is 6.42. The van der Waals surface area contributed by atoms with Crippen LogP contribution in [0.25, 0.3) is 0 Å². The predicted octanol–water partition coefficient (Wildman–Crippen LogP) is 2.46. The Morgan fingerprint density at radius 2 is 1.72 bits per heavy atom. The molecule has 2 aromatic carbocycles. The van der Waals surface area contributed by atoms with Crippen LogP contribution in [0.2, 0.25) is 0 Å². The van der Waals surface area contributed by atoms with Crippen molar-refractivity contribution in [3.05, 3.63) is 65.7 Å². The van der Waals surface area contributed by atoms with Crippen LogP contribution in [0.3, 0.4) is 0 Å². The van der Waals surface area contributed by atoms with Crippen LogP contribution < -0.4 is 15.6 Å². The first kappa shape index (κ1) is 17.0. The van der Waals surface area contributed by atoms with E-state index >= 15 is 0 Å². The lowest BCUT2D eigenvalue weighted by Crippen LogP contribution is -2.44. The molecule has 2 amide bonds. The van der Waals surface area contributed by atoms with Gasteiger partial charge in [0.1, 0.15) is 5.75 Å². The second kappa shape index (κ2) is 7.83. The Bertz CT molecular complexity index is 746. The van der Waals surface area contributed by atoms with Crippen molar-refractivity contribution in [1.82, 2.24) is 10.9 Å². The van der Waals surface area contributed by atoms with Crippen LogP contribution in [-0.4, -0.2) is 18.4 Å². The molecule has 0 aromatic heterocycles. The maximum Gasteiger partial charge on any atom is 0.276 e. The molecule has 1 aliphatic carbocycles. The zero-order valence-electron chi connectivity index (χ0n) is 14.2. The summed E-state index contributed by atoms with van der Waals surface area (Å²) in [6.07, 6.45) is 1.61. The van der Waals surface area contributed by atoms with Crippen LogP contribution in [0.1, 0.15) is 24.5 Å². The standard InChI is InChI=1S/C20H22N2O3/c1-14-11-17(14)20(24)22-21-19(23)13-25-18-10-6-5-9-16(18)12-15-7-3-2-4-8-15/h2-10,14,17H,11-13H2,1H3,(H,21,23)(H,22,24). The molecule has 0 bridgehead atoms. The number of amides is 2. The highest BCUT2D eigenvalue weighted by Gasteiger charge is 2.39. The number of nitrogens with one attached hydrogen (secondary N) is 2. The Labute approximate surface area is 147 Å². The van der Waals surface area contributed by atoms with E-state index in [1.165, 1.54) is 5.56 Å². The normalized spacial score (nSPS) is 18.3. The molecule has 1 saturated carbocycles. The van der Waals surface area contributed by atoms with Crippen molar-refractivity contribution in [3.63, 3.8) is 0 Å². The first-order valence-corrected chi connectivity index (χ1v) is 8.47. The van der Waals surface area contributed by atoms with Crippen LogP contribution in [0.5, 0.6) is 5.75 Å². The largest absolute Gasteiger partial charge is 0.483 e. The van der Waals surface area contributed by atoms with Crippen molar-refractivity contribution in [2.45, 2.75) is 19.8 Å². The van der Waals surface area contributed by atoms with Gasteiger partial charge in [-0.1, -0.05) is 55.5 Å². The number of para-hydroxylation sites is 1. The third kappa shape index (κ3) is 4.83. The summed E-state index contributed by atoms with van der Waals surface area (Å²) >= 11 is 0. The molecule has 5 nitrogen and oxygen atoms in total. The summed E-state index contributed by atoms with van der Waals surface area (Å²) in [6, 6.07) is 17.7. The maximum absolute atomic E-state index is 11.9. The Balaban J connectivity index is 1.51. The number of hydrogen-bond donors (Lipinski definition) is 2. The zero-order valence-corrected chi connectivity index (χ0v) is 14.2. The topological polar surface area (TPSA) is 67.4 Å². The van der Waals surface area contributed by atoms with Crippen LogP contribution in [0, 0.1) is 11.8 Å². The fourth-order valence-corrected chi connectivity index (χ4v) is 2.70. The first-order valence-electron chi connectivity index (χ1n) is 8.47. The lowest BCUT2D eigenvalue weighted by molar-refractivity contribution is -0.130. The van der Waals surface area contributed by atoms with Gasteiger partial charge in [-0.15, -0.1) is 0 Å². The molecule has 0 saturated heterocycles. The molecule has 1 fully saturated rings. The van der Waals surface area contributed by atoms with Gasteiger partial charge in [-0.3, -0.25) is 20.4 Å². The molecule has 5 heteroatoms. The summed E-state index contributed by atoms with van der Waals surface area (Å²) in [5.74, 6) is 0.580. The molecule has 0 radical (unpaired) electrons. The number of ether oxygens (including phenoxy) is 1. The van der Waals surface area contributed by atoms with Crippen molar-refractivity contribution in [2.75, 3.05) is 6.61 Å². The van der Waals surface area contributed by atoms with Gasteiger partial charge in [0.05, 0.1) is 0 Å². The molecular formula is C20H22N2O3. The lowest BCUT2D eigenvalue weighted by Gasteiger charge is -2.12. The highest BCUT2D eigenvalue weighted by Crippen LogP contribution is 2.37. The zero-order chi connectivity index (χ0) is 17.6. The van der Waals surface area contributed by atoms with Crippen LogP contribution in [-0.2, 0) is 16.0 Å². The quantitative estimate of drug-likeness (QED) is 0.795. The van der Waals surface area contributed by atoms with E-state index in [4.69, 9.17) is 4.74 Å². The highest BCUT2D eigenvalue weighted by atomic mass is 16.5. The summed E-state index contributed by atoms with van der Waals surface area (Å²) in [5.41, 5.74) is 7.03. The number of hydrazine groups is 1. The van der Waals surface area contributed by atoms with Crippen LogP contribution in [0.4, 0.5) is 0 Å². The number of benzene rings is 2. The van der Waals surface area contributed by atoms with E-state index in [0.29, 0.717) is 11.7 Å². The van der Waals surface area contributed by atoms with Gasteiger partial charge in [-0.25, -0.2) is 0 Å². The van der Waals surface area contributed by atoms with Gasteiger partial charge < -0.3 is 4.74 Å². The minimum absolute atomic E-state index is 0.0211. The molecular weight excluding hydrogens is 316 g/mol. The predicted molar refractivity (Wildman–Crippen MR) is 94.7 cm³/mol. The first-order chi connectivity index (χ1) is 12.1. The third-order valence-corrected chi connectivity index (χ3v) is 4.34. The van der Waals surface area contributed by atoms with Crippen molar-refractivity contribution in [1.29, 1.82) is 0 Å². The third-order valence-electron chi connectivity index (χ3n) is 4.34. The summed E-state index contributed by atoms with van der Waals surface area (Å²) in [7, 11) is 0. The minimum atomic E-state index is -0.379. The lowest BCUT2D eigenvalue weighted by atomic mass is 10.0. The van der Waals surface area contributed by atoms with Gasteiger partial charge in [0.25, 0.3) is 5.91 Å². The molecule has 0 spiro atoms. The Hall–Kier alpha value is -2.82. The molecule has 0 heterocycles. The van der Waals surface area contributed by atoms with Crippen molar-refractivity contribution in [3.8, 4) is 5.75 Å². The molecule has 0 aliphatic heterocycles. The molecule has 25 heavy (non-hydrogen) atoms. The summed E-state index contributed by atoms with van der Waals surface area (Å²) in [4.78, 5) is 23.5. The summed E-state index contributed by atoms with van der Waals surface area (Å²) in [6.45, 7) is 1.87. The van der Waals surface area contributed by atoms with E-state index in [1.807, 2.05) is 49.4 Å². The van der Waals surface area contributed by atoms with Gasteiger partial charge in [-0.05, 0) is 29.5 Å². The SMILES string of the molecule is CC1CC1C(=O)NNC(=O)COc1ccccc1Cc1ccccc1. The Morgan fingerprint density at radius 1 is 1.04 bits per heavy atom. The van der Waals surface area contributed by atoms with Gasteiger partial charge in [-0.2, -0.15) is 0 Å². The van der Waals surface area contributed by atoms with E-state index in [-0.39, 0.29) is 24.3 Å². The number of hydrogen-bond acceptors (Lipinski definition) is 3. The van der Waals surface area contributed by atoms with Gasteiger partial charge in [0.15, 0.2) is 6.61 Å². The highest BCUT2D eigenvalue weighted by molar-refractivity contribution is 5.85. The minimum Gasteiger partial charge on any atom is -0.483 e. The van der Waals surface area contributed by atoms with E-state index in [2.05, 4.69) is 23.0 Å². The maximum atomic E-state index is 11.9. The molecule has 2 aromatic rings. The molecule has 2 atom stereocenters. The summed E-state index contributed by atoms with van der Waals surface area (Å²) in [5, 5.41) is 0. The van der Waals surface area contributed by atoms with E-state index < -0.39 is 0 Å².